The van der Waals surface area contributed by atoms with Gasteiger partial charge in [0, 0.05) is 6.07 Å². The Morgan fingerprint density at radius 2 is 2.44 bits per heavy atom. The summed E-state index contributed by atoms with van der Waals surface area (Å²) in [6.45, 7) is 2.26. The van der Waals surface area contributed by atoms with Crippen LogP contribution in [0.4, 0.5) is 5.13 Å². The minimum absolute atomic E-state index is 0.130. The predicted octanol–water partition coefficient (Wildman–Crippen LogP) is 2.49. The lowest BCUT2D eigenvalue weighted by atomic mass is 10.4. The largest absolute Gasteiger partial charge is 0.465 e. The summed E-state index contributed by atoms with van der Waals surface area (Å²) >= 11 is 6.96. The Labute approximate surface area is 112 Å². The van der Waals surface area contributed by atoms with Crippen molar-refractivity contribution in [2.24, 2.45) is 0 Å². The van der Waals surface area contributed by atoms with Crippen LogP contribution in [0.2, 0.25) is 5.15 Å². The number of hydrogen-bond donors (Lipinski definition) is 1. The molecule has 0 radical (unpaired) electrons. The molecule has 0 spiro atoms. The van der Waals surface area contributed by atoms with Crippen molar-refractivity contribution in [1.29, 1.82) is 0 Å². The van der Waals surface area contributed by atoms with Crippen LogP contribution >= 0.6 is 22.9 Å². The number of thiazole rings is 1. The summed E-state index contributed by atoms with van der Waals surface area (Å²) in [4.78, 5) is 15.6. The lowest BCUT2D eigenvalue weighted by Crippen LogP contribution is -1.98. The number of anilines is 1. The number of nitrogens with zero attached hydrogens (tertiary/aromatic N) is 2. The van der Waals surface area contributed by atoms with E-state index in [2.05, 4.69) is 20.2 Å². The average Bonchev–Trinajstić information content (AvgIpc) is 2.92. The van der Waals surface area contributed by atoms with Crippen molar-refractivity contribution in [2.75, 3.05) is 12.4 Å². The molecule has 0 bridgehead atoms. The van der Waals surface area contributed by atoms with Crippen LogP contribution in [0.1, 0.15) is 21.1 Å². The minimum atomic E-state index is -0.497. The molecule has 0 aliphatic rings. The van der Waals surface area contributed by atoms with Crippen molar-refractivity contribution >= 4 is 34.0 Å². The SMILES string of the molecule is COC(=O)c1sc(NCc2cc(C)on2)nc1Cl. The number of ether oxygens (including phenoxy) is 1. The first-order valence-corrected chi connectivity index (χ1v) is 6.20. The van der Waals surface area contributed by atoms with E-state index in [4.69, 9.17) is 16.1 Å². The molecule has 0 fully saturated rings. The van der Waals surface area contributed by atoms with Gasteiger partial charge in [0.25, 0.3) is 0 Å². The van der Waals surface area contributed by atoms with Crippen LogP contribution in [0.25, 0.3) is 0 Å². The quantitative estimate of drug-likeness (QED) is 0.871. The first-order chi connectivity index (χ1) is 8.60. The maximum absolute atomic E-state index is 11.3. The van der Waals surface area contributed by atoms with Gasteiger partial charge in [0.2, 0.25) is 0 Å². The molecule has 2 rings (SSSR count). The van der Waals surface area contributed by atoms with Gasteiger partial charge in [0.15, 0.2) is 15.2 Å². The molecule has 18 heavy (non-hydrogen) atoms. The molecule has 0 aliphatic heterocycles. The summed E-state index contributed by atoms with van der Waals surface area (Å²) in [5, 5.41) is 7.49. The smallest absolute Gasteiger partial charge is 0.351 e. The van der Waals surface area contributed by atoms with Crippen LogP contribution in [0.3, 0.4) is 0 Å². The van der Waals surface area contributed by atoms with Crippen molar-refractivity contribution in [2.45, 2.75) is 13.5 Å². The zero-order valence-corrected chi connectivity index (χ0v) is 11.3. The highest BCUT2D eigenvalue weighted by atomic mass is 35.5. The van der Waals surface area contributed by atoms with Crippen LogP contribution in [-0.4, -0.2) is 23.2 Å². The third-order valence-electron chi connectivity index (χ3n) is 2.05. The van der Waals surface area contributed by atoms with Gasteiger partial charge in [-0.15, -0.1) is 0 Å². The summed E-state index contributed by atoms with van der Waals surface area (Å²) in [5.74, 6) is 0.238. The van der Waals surface area contributed by atoms with Crippen molar-refractivity contribution in [3.05, 3.63) is 27.6 Å². The molecule has 2 heterocycles. The second-order valence-corrected chi connectivity index (χ2v) is 4.77. The second-order valence-electron chi connectivity index (χ2n) is 3.41. The zero-order valence-electron chi connectivity index (χ0n) is 9.69. The molecular formula is C10H10ClN3O3S. The van der Waals surface area contributed by atoms with Crippen LogP contribution in [-0.2, 0) is 11.3 Å². The molecule has 0 atom stereocenters. The standard InChI is InChI=1S/C10H10ClN3O3S/c1-5-3-6(14-17-5)4-12-10-13-8(11)7(18-10)9(15)16-2/h3H,4H2,1-2H3,(H,12,13). The first-order valence-electron chi connectivity index (χ1n) is 5.01. The van der Waals surface area contributed by atoms with Crippen molar-refractivity contribution < 1.29 is 14.1 Å². The topological polar surface area (TPSA) is 77.2 Å². The predicted molar refractivity (Wildman–Crippen MR) is 67.0 cm³/mol. The second kappa shape index (κ2) is 5.36. The van der Waals surface area contributed by atoms with Gasteiger partial charge in [-0.1, -0.05) is 28.1 Å². The van der Waals surface area contributed by atoms with Crippen molar-refractivity contribution in [3.63, 3.8) is 0 Å². The van der Waals surface area contributed by atoms with Gasteiger partial charge >= 0.3 is 5.97 Å². The van der Waals surface area contributed by atoms with Crippen LogP contribution in [0.5, 0.6) is 0 Å². The third-order valence-corrected chi connectivity index (χ3v) is 3.43. The number of rotatable bonds is 4. The highest BCUT2D eigenvalue weighted by Crippen LogP contribution is 2.27. The number of nitrogens with one attached hydrogen (secondary N) is 1. The van der Waals surface area contributed by atoms with Crippen LogP contribution < -0.4 is 5.32 Å². The molecule has 2 aromatic rings. The third kappa shape index (κ3) is 2.80. The lowest BCUT2D eigenvalue weighted by Gasteiger charge is -1.96. The number of aromatic nitrogens is 2. The first kappa shape index (κ1) is 12.8. The fourth-order valence-corrected chi connectivity index (χ4v) is 2.36. The van der Waals surface area contributed by atoms with E-state index in [0.717, 1.165) is 22.8 Å². The Hall–Kier alpha value is -1.60. The van der Waals surface area contributed by atoms with Gasteiger partial charge in [0.05, 0.1) is 13.7 Å². The highest BCUT2D eigenvalue weighted by molar-refractivity contribution is 7.18. The molecule has 8 heteroatoms. The van der Waals surface area contributed by atoms with Crippen LogP contribution in [0, 0.1) is 6.92 Å². The fraction of sp³-hybridized carbons (Fsp3) is 0.300. The Balaban J connectivity index is 2.04. The van der Waals surface area contributed by atoms with E-state index in [-0.39, 0.29) is 10.0 Å². The highest BCUT2D eigenvalue weighted by Gasteiger charge is 2.17. The van der Waals surface area contributed by atoms with E-state index >= 15 is 0 Å². The molecule has 0 aromatic carbocycles. The van der Waals surface area contributed by atoms with Gasteiger partial charge in [-0.25, -0.2) is 9.78 Å². The summed E-state index contributed by atoms with van der Waals surface area (Å²) in [5.41, 5.74) is 0.749. The van der Waals surface area contributed by atoms with E-state index in [1.54, 1.807) is 0 Å². The number of carbonyl (C=O) groups excluding carboxylic acids is 1. The lowest BCUT2D eigenvalue weighted by molar-refractivity contribution is 0.0606. The summed E-state index contributed by atoms with van der Waals surface area (Å²) in [6.07, 6.45) is 0. The van der Waals surface area contributed by atoms with Crippen LogP contribution in [0.15, 0.2) is 10.6 Å². The van der Waals surface area contributed by atoms with E-state index in [9.17, 15) is 4.79 Å². The van der Waals surface area contributed by atoms with Crippen molar-refractivity contribution in [3.8, 4) is 0 Å². The summed E-state index contributed by atoms with van der Waals surface area (Å²) in [6, 6.07) is 1.81. The van der Waals surface area contributed by atoms with Gasteiger partial charge < -0.3 is 14.6 Å². The van der Waals surface area contributed by atoms with Crippen molar-refractivity contribution in [1.82, 2.24) is 10.1 Å². The minimum Gasteiger partial charge on any atom is -0.465 e. The van der Waals surface area contributed by atoms with E-state index in [0.29, 0.717) is 11.7 Å². The number of hydrogen-bond acceptors (Lipinski definition) is 7. The summed E-state index contributed by atoms with van der Waals surface area (Å²) in [7, 11) is 1.30. The molecule has 6 nitrogen and oxygen atoms in total. The van der Waals surface area contributed by atoms with E-state index in [1.165, 1.54) is 7.11 Å². The Kier molecular flexibility index (Phi) is 3.83. The molecule has 0 saturated heterocycles. The fourth-order valence-electron chi connectivity index (χ4n) is 1.26. The summed E-state index contributed by atoms with van der Waals surface area (Å²) < 4.78 is 9.52. The molecule has 1 N–H and O–H groups in total. The molecule has 0 saturated carbocycles. The number of aryl methyl sites for hydroxylation is 1. The molecule has 0 amide bonds. The average molecular weight is 288 g/mol. The van der Waals surface area contributed by atoms with Gasteiger partial charge in [-0.2, -0.15) is 0 Å². The van der Waals surface area contributed by atoms with E-state index < -0.39 is 5.97 Å². The maximum atomic E-state index is 11.3. The molecular weight excluding hydrogens is 278 g/mol. The number of halogens is 1. The van der Waals surface area contributed by atoms with Gasteiger partial charge in [-0.05, 0) is 6.92 Å². The van der Waals surface area contributed by atoms with Gasteiger partial charge in [-0.3, -0.25) is 0 Å². The maximum Gasteiger partial charge on any atom is 0.351 e. The van der Waals surface area contributed by atoms with E-state index in [1.807, 2.05) is 13.0 Å². The number of methoxy groups -OCH3 is 1. The molecule has 0 aliphatic carbocycles. The molecule has 2 aromatic heterocycles. The monoisotopic (exact) mass is 287 g/mol. The Bertz CT molecular complexity index is 566. The Morgan fingerprint density at radius 1 is 1.67 bits per heavy atom. The van der Waals surface area contributed by atoms with Gasteiger partial charge in [0.1, 0.15) is 11.5 Å². The number of carbonyl (C=O) groups is 1. The zero-order chi connectivity index (χ0) is 13.1. The molecule has 0 unspecified atom stereocenters. The normalized spacial score (nSPS) is 10.4. The Morgan fingerprint density at radius 3 is 3.06 bits per heavy atom. The molecule has 96 valence electrons. The number of esters is 1.